The second kappa shape index (κ2) is 16.3. The van der Waals surface area contributed by atoms with Gasteiger partial charge in [-0.15, -0.1) is 0 Å². The minimum Gasteiger partial charge on any atom is 0 e. The van der Waals surface area contributed by atoms with Crippen molar-refractivity contribution in [3.63, 3.8) is 0 Å². The average Bonchev–Trinajstić information content (AvgIpc) is 0. The van der Waals surface area contributed by atoms with Crippen LogP contribution in [0.2, 0.25) is 0 Å². The molecule has 0 aliphatic heterocycles. The fourth-order valence-corrected chi connectivity index (χ4v) is 0. The summed E-state index contributed by atoms with van der Waals surface area (Å²) in [5, 5.41) is 0. The molecule has 4 heteroatoms. The van der Waals surface area contributed by atoms with Crippen molar-refractivity contribution in [2.24, 2.45) is 0 Å². The molecule has 0 aromatic heterocycles. The summed E-state index contributed by atoms with van der Waals surface area (Å²) >= 11 is 0. The minimum absolute atomic E-state index is 0. The van der Waals surface area contributed by atoms with Crippen LogP contribution in [0.1, 0.15) is 0 Å². The molecule has 0 fully saturated rings. The molecule has 0 aliphatic carbocycles. The SMILES string of the molecule is [AlH3].[Ti].[Y].[Zr]. The van der Waals surface area contributed by atoms with E-state index in [1.165, 1.54) is 0 Å². The third-order valence-corrected chi connectivity index (χ3v) is 0. The summed E-state index contributed by atoms with van der Waals surface area (Å²) in [5.41, 5.74) is 0. The van der Waals surface area contributed by atoms with Crippen molar-refractivity contribution in [3.05, 3.63) is 0 Å². The molecule has 0 spiro atoms. The fourth-order valence-electron chi connectivity index (χ4n) is 0. The van der Waals surface area contributed by atoms with Gasteiger partial charge in [-0.1, -0.05) is 0 Å². The normalized spacial score (nSPS) is 0. The van der Waals surface area contributed by atoms with Crippen molar-refractivity contribution >= 4 is 17.4 Å². The second-order valence-electron chi connectivity index (χ2n) is 0. The quantitative estimate of drug-likeness (QED) is 0.479. The summed E-state index contributed by atoms with van der Waals surface area (Å²) in [5.74, 6) is 0. The first-order valence-electron chi connectivity index (χ1n) is 0. The van der Waals surface area contributed by atoms with Gasteiger partial charge in [0.05, 0.1) is 0 Å². The molecular formula is H3AlTiYZr. The predicted octanol–water partition coefficient (Wildman–Crippen LogP) is -1.19. The van der Waals surface area contributed by atoms with Crippen molar-refractivity contribution in [2.45, 2.75) is 0 Å². The van der Waals surface area contributed by atoms with Crippen molar-refractivity contribution in [3.8, 4) is 0 Å². The Morgan fingerprint density at radius 1 is 1.00 bits per heavy atom. The van der Waals surface area contributed by atoms with Gasteiger partial charge in [-0.2, -0.15) is 0 Å². The Morgan fingerprint density at radius 3 is 1.00 bits per heavy atom. The Labute approximate surface area is 95.9 Å². The van der Waals surface area contributed by atoms with Gasteiger partial charge in [0.1, 0.15) is 0 Å². The average molecular weight is 258 g/mol. The van der Waals surface area contributed by atoms with Crippen LogP contribution in [0.25, 0.3) is 0 Å². The predicted molar refractivity (Wildman–Crippen MR) is 9.94 cm³/mol. The van der Waals surface area contributed by atoms with Crippen LogP contribution in [-0.2, 0) is 80.6 Å². The molecular weight excluding hydrogens is 255 g/mol. The number of hydrogen-bond donors (Lipinski definition) is 0. The van der Waals surface area contributed by atoms with Gasteiger partial charge >= 0.3 is 0 Å². The van der Waals surface area contributed by atoms with E-state index in [2.05, 4.69) is 0 Å². The maximum Gasteiger partial charge on any atom is 0.187 e. The van der Waals surface area contributed by atoms with Crippen LogP contribution in [0.3, 0.4) is 0 Å². The van der Waals surface area contributed by atoms with Crippen LogP contribution < -0.4 is 0 Å². The molecule has 0 saturated carbocycles. The van der Waals surface area contributed by atoms with Gasteiger partial charge in [0, 0.05) is 80.6 Å². The molecule has 0 N–H and O–H groups in total. The van der Waals surface area contributed by atoms with Crippen LogP contribution in [0.5, 0.6) is 0 Å². The number of hydrogen-bond acceptors (Lipinski definition) is 0. The van der Waals surface area contributed by atoms with Crippen LogP contribution in [0.4, 0.5) is 0 Å². The maximum atomic E-state index is 0. The Morgan fingerprint density at radius 2 is 1.00 bits per heavy atom. The molecule has 0 rings (SSSR count). The minimum atomic E-state index is 0. The largest absolute Gasteiger partial charge is 0.187 e. The molecule has 0 amide bonds. The van der Waals surface area contributed by atoms with Crippen LogP contribution in [0.15, 0.2) is 0 Å². The topological polar surface area (TPSA) is 0 Å². The van der Waals surface area contributed by atoms with E-state index >= 15 is 0 Å². The molecule has 0 heterocycles. The van der Waals surface area contributed by atoms with Crippen molar-refractivity contribution in [1.29, 1.82) is 0 Å². The molecule has 0 aromatic carbocycles. The summed E-state index contributed by atoms with van der Waals surface area (Å²) in [6.45, 7) is 0. The van der Waals surface area contributed by atoms with Gasteiger partial charge in [0.15, 0.2) is 17.4 Å². The molecule has 0 saturated heterocycles. The van der Waals surface area contributed by atoms with E-state index in [4.69, 9.17) is 0 Å². The molecule has 0 aliphatic rings. The van der Waals surface area contributed by atoms with E-state index in [0.717, 1.165) is 0 Å². The first kappa shape index (κ1) is 26.9. The molecule has 17 valence electrons. The first-order chi connectivity index (χ1) is 0. The van der Waals surface area contributed by atoms with Gasteiger partial charge in [-0.3, -0.25) is 0 Å². The molecule has 0 nitrogen and oxygen atoms in total. The maximum absolute atomic E-state index is 0. The molecule has 4 heavy (non-hydrogen) atoms. The van der Waals surface area contributed by atoms with E-state index in [0.29, 0.717) is 0 Å². The summed E-state index contributed by atoms with van der Waals surface area (Å²) in [7, 11) is 0. The molecule has 0 bridgehead atoms. The van der Waals surface area contributed by atoms with Gasteiger partial charge in [0.25, 0.3) is 0 Å². The second-order valence-corrected chi connectivity index (χ2v) is 0. The zero-order valence-electron chi connectivity index (χ0n) is 1.58. The molecule has 0 aromatic rings. The summed E-state index contributed by atoms with van der Waals surface area (Å²) < 4.78 is 0. The Hall–Kier alpha value is 3.23. The van der Waals surface area contributed by atoms with Crippen LogP contribution in [-0.4, -0.2) is 17.4 Å². The first-order valence-corrected chi connectivity index (χ1v) is 0. The summed E-state index contributed by atoms with van der Waals surface area (Å²) in [6, 6.07) is 0. The van der Waals surface area contributed by atoms with Crippen molar-refractivity contribution in [1.82, 2.24) is 0 Å². The van der Waals surface area contributed by atoms with Gasteiger partial charge < -0.3 is 0 Å². The van der Waals surface area contributed by atoms with Gasteiger partial charge in [-0.25, -0.2) is 0 Å². The standard InChI is InChI=1S/Al.Ti.Y.Zr.3H. The fraction of sp³-hybridized carbons (Fsp3) is 0. The van der Waals surface area contributed by atoms with E-state index < -0.39 is 0 Å². The third-order valence-electron chi connectivity index (χ3n) is 0. The van der Waals surface area contributed by atoms with E-state index in [-0.39, 0.29) is 98.0 Å². The van der Waals surface area contributed by atoms with Crippen molar-refractivity contribution in [2.75, 3.05) is 0 Å². The summed E-state index contributed by atoms with van der Waals surface area (Å²) in [6.07, 6.45) is 0. The van der Waals surface area contributed by atoms with E-state index in [9.17, 15) is 0 Å². The zero-order chi connectivity index (χ0) is 0. The smallest absolute Gasteiger partial charge is 0 e. The molecule has 0 unspecified atom stereocenters. The van der Waals surface area contributed by atoms with Gasteiger partial charge in [0.2, 0.25) is 0 Å². The van der Waals surface area contributed by atoms with E-state index in [1.54, 1.807) is 0 Å². The van der Waals surface area contributed by atoms with Gasteiger partial charge in [-0.05, 0) is 0 Å². The van der Waals surface area contributed by atoms with E-state index in [1.807, 2.05) is 0 Å². The van der Waals surface area contributed by atoms with Crippen molar-refractivity contribution < 1.29 is 80.6 Å². The van der Waals surface area contributed by atoms with Crippen LogP contribution in [0, 0.1) is 0 Å². The van der Waals surface area contributed by atoms with Crippen LogP contribution >= 0.6 is 0 Å². The monoisotopic (exact) mass is 257 g/mol. The molecule has 0 atom stereocenters. The Balaban J connectivity index is 0. The third kappa shape index (κ3) is 8.97. The summed E-state index contributed by atoms with van der Waals surface area (Å²) in [4.78, 5) is 0. The molecule has 1 radical (unpaired) electrons. The Kier molecular flexibility index (Phi) is 110. The number of rotatable bonds is 0. The Bertz CT molecular complexity index is 8.00. The zero-order valence-corrected chi connectivity index (χ0v) is 8.44.